The van der Waals surface area contributed by atoms with Crippen LogP contribution < -0.4 is 0 Å². The highest BCUT2D eigenvalue weighted by Gasteiger charge is 2.08. The van der Waals surface area contributed by atoms with E-state index in [0.29, 0.717) is 10.2 Å². The number of H-pyrrole nitrogens is 1. The highest BCUT2D eigenvalue weighted by Crippen LogP contribution is 2.28. The molecule has 0 saturated carbocycles. The molecule has 2 heterocycles. The number of hydrogen-bond acceptors (Lipinski definition) is 2. The minimum atomic E-state index is 0.552. The number of fused-ring (bicyclic) bond motifs is 1. The molecule has 1 N–H and O–H groups in total. The van der Waals surface area contributed by atoms with Crippen molar-refractivity contribution in [3.05, 3.63) is 46.8 Å². The molecule has 3 rings (SSSR count). The monoisotopic (exact) mass is 263 g/mol. The van der Waals surface area contributed by atoms with Crippen LogP contribution >= 0.6 is 23.2 Å². The van der Waals surface area contributed by atoms with E-state index in [4.69, 9.17) is 23.2 Å². The molecule has 17 heavy (non-hydrogen) atoms. The zero-order valence-electron chi connectivity index (χ0n) is 8.61. The number of aromatic amines is 1. The predicted molar refractivity (Wildman–Crippen MR) is 69.3 cm³/mol. The van der Waals surface area contributed by atoms with Crippen molar-refractivity contribution in [3.8, 4) is 11.3 Å². The molecule has 0 saturated heterocycles. The van der Waals surface area contributed by atoms with Crippen LogP contribution in [0.1, 0.15) is 0 Å². The van der Waals surface area contributed by atoms with Gasteiger partial charge in [-0.1, -0.05) is 35.3 Å². The highest BCUT2D eigenvalue weighted by molar-refractivity contribution is 6.31. The summed E-state index contributed by atoms with van der Waals surface area (Å²) in [5.41, 5.74) is 2.56. The zero-order chi connectivity index (χ0) is 11.8. The van der Waals surface area contributed by atoms with Gasteiger partial charge in [0.1, 0.15) is 17.1 Å². The first-order valence-electron chi connectivity index (χ1n) is 4.99. The van der Waals surface area contributed by atoms with Crippen molar-refractivity contribution in [1.29, 1.82) is 0 Å². The molecule has 0 fully saturated rings. The van der Waals surface area contributed by atoms with Crippen molar-refractivity contribution in [2.75, 3.05) is 0 Å². The van der Waals surface area contributed by atoms with Crippen LogP contribution in [0.5, 0.6) is 0 Å². The summed E-state index contributed by atoms with van der Waals surface area (Å²) in [6.45, 7) is 0. The molecule has 0 bridgehead atoms. The normalized spacial score (nSPS) is 10.9. The van der Waals surface area contributed by atoms with Crippen molar-refractivity contribution >= 4 is 34.2 Å². The van der Waals surface area contributed by atoms with Crippen LogP contribution in [0.25, 0.3) is 22.3 Å². The summed E-state index contributed by atoms with van der Waals surface area (Å²) in [5.74, 6) is 0. The quantitative estimate of drug-likeness (QED) is 0.723. The average Bonchev–Trinajstić information content (AvgIpc) is 2.70. The number of rotatable bonds is 1. The van der Waals surface area contributed by atoms with Crippen molar-refractivity contribution in [2.24, 2.45) is 0 Å². The summed E-state index contributed by atoms with van der Waals surface area (Å²) < 4.78 is 0. The predicted octanol–water partition coefficient (Wildman–Crippen LogP) is 3.93. The van der Waals surface area contributed by atoms with Gasteiger partial charge in [0.05, 0.1) is 5.69 Å². The molecule has 3 nitrogen and oxygen atoms in total. The van der Waals surface area contributed by atoms with E-state index in [1.54, 1.807) is 0 Å². The first-order valence-corrected chi connectivity index (χ1v) is 5.75. The summed E-state index contributed by atoms with van der Waals surface area (Å²) >= 11 is 11.8. The van der Waals surface area contributed by atoms with Crippen LogP contribution in [-0.4, -0.2) is 15.0 Å². The Morgan fingerprint density at radius 3 is 2.53 bits per heavy atom. The molecule has 0 aliphatic heterocycles. The smallest absolute Gasteiger partial charge is 0.142 e. The van der Waals surface area contributed by atoms with E-state index in [2.05, 4.69) is 15.0 Å². The molecule has 84 valence electrons. The molecule has 0 amide bonds. The molecule has 0 atom stereocenters. The second-order valence-corrected chi connectivity index (χ2v) is 4.45. The van der Waals surface area contributed by atoms with Crippen molar-refractivity contribution in [3.63, 3.8) is 0 Å². The van der Waals surface area contributed by atoms with Gasteiger partial charge in [0.15, 0.2) is 0 Å². The van der Waals surface area contributed by atoms with Crippen molar-refractivity contribution in [2.45, 2.75) is 0 Å². The minimum Gasteiger partial charge on any atom is -0.330 e. The molecule has 2 aromatic heterocycles. The summed E-state index contributed by atoms with van der Waals surface area (Å²) in [5, 5.41) is 2.15. The van der Waals surface area contributed by atoms with E-state index in [1.807, 2.05) is 30.3 Å². The van der Waals surface area contributed by atoms with Crippen molar-refractivity contribution < 1.29 is 0 Å². The third-order valence-electron chi connectivity index (χ3n) is 2.51. The molecular formula is C12H7Cl2N3. The fourth-order valence-electron chi connectivity index (χ4n) is 1.75. The topological polar surface area (TPSA) is 41.6 Å². The number of benzene rings is 1. The Morgan fingerprint density at radius 2 is 1.76 bits per heavy atom. The number of nitrogens with zero attached hydrogens (tertiary/aromatic N) is 2. The van der Waals surface area contributed by atoms with E-state index in [0.717, 1.165) is 22.3 Å². The van der Waals surface area contributed by atoms with Gasteiger partial charge in [0.25, 0.3) is 0 Å². The lowest BCUT2D eigenvalue weighted by atomic mass is 10.1. The molecule has 3 aromatic rings. The van der Waals surface area contributed by atoms with E-state index < -0.39 is 0 Å². The van der Waals surface area contributed by atoms with Crippen LogP contribution in [0.3, 0.4) is 0 Å². The Bertz CT molecular complexity index is 674. The Hall–Kier alpha value is -1.58. The second kappa shape index (κ2) is 4.02. The Balaban J connectivity index is 2.26. The van der Waals surface area contributed by atoms with Gasteiger partial charge < -0.3 is 4.98 Å². The third-order valence-corrected chi connectivity index (χ3v) is 2.97. The average molecular weight is 264 g/mol. The standard InChI is InChI=1S/C12H7Cl2N3/c13-8-3-1-7(2-4-8)11-9-5-10(14)17-12(9)16-6-15-11/h1-6H,(H,15,16,17). The summed E-state index contributed by atoms with van der Waals surface area (Å²) in [6, 6.07) is 9.33. The SMILES string of the molecule is Clc1ccc(-c2ncnc3[nH]c(Cl)cc23)cc1. The zero-order valence-corrected chi connectivity index (χ0v) is 10.1. The Labute approximate surface area is 107 Å². The third kappa shape index (κ3) is 1.88. The van der Waals surface area contributed by atoms with Crippen LogP contribution in [0, 0.1) is 0 Å². The summed E-state index contributed by atoms with van der Waals surface area (Å²) in [7, 11) is 0. The first-order chi connectivity index (χ1) is 8.24. The van der Waals surface area contributed by atoms with Gasteiger partial charge in [0.2, 0.25) is 0 Å². The fourth-order valence-corrected chi connectivity index (χ4v) is 2.07. The molecule has 0 spiro atoms. The van der Waals surface area contributed by atoms with Crippen LogP contribution in [0.4, 0.5) is 0 Å². The van der Waals surface area contributed by atoms with E-state index in [1.165, 1.54) is 6.33 Å². The van der Waals surface area contributed by atoms with Gasteiger partial charge in [-0.15, -0.1) is 0 Å². The maximum atomic E-state index is 5.92. The molecular weight excluding hydrogens is 257 g/mol. The van der Waals surface area contributed by atoms with Gasteiger partial charge in [-0.3, -0.25) is 0 Å². The second-order valence-electron chi connectivity index (χ2n) is 3.61. The highest BCUT2D eigenvalue weighted by atomic mass is 35.5. The largest absolute Gasteiger partial charge is 0.330 e. The molecule has 5 heteroatoms. The van der Waals surface area contributed by atoms with E-state index in [-0.39, 0.29) is 0 Å². The number of halogens is 2. The lowest BCUT2D eigenvalue weighted by Crippen LogP contribution is -1.86. The van der Waals surface area contributed by atoms with Gasteiger partial charge in [-0.25, -0.2) is 9.97 Å². The molecule has 0 radical (unpaired) electrons. The summed E-state index contributed by atoms with van der Waals surface area (Å²) in [4.78, 5) is 11.4. The molecule has 0 unspecified atom stereocenters. The lowest BCUT2D eigenvalue weighted by molar-refractivity contribution is 1.20. The maximum absolute atomic E-state index is 5.92. The molecule has 0 aliphatic carbocycles. The number of hydrogen-bond donors (Lipinski definition) is 1. The Kier molecular flexibility index (Phi) is 2.50. The van der Waals surface area contributed by atoms with Crippen LogP contribution in [0.15, 0.2) is 36.7 Å². The summed E-state index contributed by atoms with van der Waals surface area (Å²) in [6.07, 6.45) is 1.51. The first kappa shape index (κ1) is 10.6. The van der Waals surface area contributed by atoms with E-state index >= 15 is 0 Å². The van der Waals surface area contributed by atoms with Crippen LogP contribution in [0.2, 0.25) is 10.2 Å². The Morgan fingerprint density at radius 1 is 1.00 bits per heavy atom. The van der Waals surface area contributed by atoms with Crippen LogP contribution in [-0.2, 0) is 0 Å². The lowest BCUT2D eigenvalue weighted by Gasteiger charge is -2.01. The van der Waals surface area contributed by atoms with Gasteiger partial charge in [0, 0.05) is 16.0 Å². The number of aromatic nitrogens is 3. The number of nitrogens with one attached hydrogen (secondary N) is 1. The van der Waals surface area contributed by atoms with Gasteiger partial charge in [-0.05, 0) is 18.2 Å². The van der Waals surface area contributed by atoms with Gasteiger partial charge in [-0.2, -0.15) is 0 Å². The minimum absolute atomic E-state index is 0.552. The maximum Gasteiger partial charge on any atom is 0.142 e. The van der Waals surface area contributed by atoms with Crippen molar-refractivity contribution in [1.82, 2.24) is 15.0 Å². The molecule has 0 aliphatic rings. The fraction of sp³-hybridized carbons (Fsp3) is 0. The molecule has 1 aromatic carbocycles. The van der Waals surface area contributed by atoms with E-state index in [9.17, 15) is 0 Å². The van der Waals surface area contributed by atoms with Gasteiger partial charge >= 0.3 is 0 Å².